The number of nitrogens with one attached hydrogen (secondary N) is 1. The summed E-state index contributed by atoms with van der Waals surface area (Å²) in [4.78, 5) is 11.8. The summed E-state index contributed by atoms with van der Waals surface area (Å²) in [5.74, 6) is 0.728. The SMILES string of the molecule is Clc1cc2[nH]c(-c3cc(I)ccc3Br)nc2nc1Cl. The molecule has 3 rings (SSSR count). The average molecular weight is 469 g/mol. The summed E-state index contributed by atoms with van der Waals surface area (Å²) in [6.07, 6.45) is 0. The number of nitrogens with zero attached hydrogens (tertiary/aromatic N) is 2. The second-order valence-corrected chi connectivity index (χ2v) is 6.71. The molecular formula is C12H5BrCl2IN3. The van der Waals surface area contributed by atoms with Gasteiger partial charge in [0.15, 0.2) is 5.65 Å². The molecule has 0 spiro atoms. The largest absolute Gasteiger partial charge is 0.336 e. The fourth-order valence-electron chi connectivity index (χ4n) is 1.70. The van der Waals surface area contributed by atoms with Gasteiger partial charge in [-0.1, -0.05) is 39.1 Å². The van der Waals surface area contributed by atoms with Crippen LogP contribution in [0.5, 0.6) is 0 Å². The normalized spacial score (nSPS) is 11.2. The molecule has 3 nitrogen and oxygen atoms in total. The van der Waals surface area contributed by atoms with E-state index in [4.69, 9.17) is 23.2 Å². The van der Waals surface area contributed by atoms with Gasteiger partial charge in [-0.3, -0.25) is 0 Å². The maximum atomic E-state index is 5.95. The van der Waals surface area contributed by atoms with Crippen LogP contribution in [0.25, 0.3) is 22.6 Å². The van der Waals surface area contributed by atoms with E-state index in [9.17, 15) is 0 Å². The fourth-order valence-corrected chi connectivity index (χ4v) is 2.91. The number of pyridine rings is 1. The Kier molecular flexibility index (Phi) is 3.72. The van der Waals surface area contributed by atoms with Crippen LogP contribution in [-0.2, 0) is 0 Å². The Hall–Kier alpha value is -0.370. The first-order valence-corrected chi connectivity index (χ1v) is 7.84. The molecule has 2 heterocycles. The molecule has 1 N–H and O–H groups in total. The zero-order chi connectivity index (χ0) is 13.6. The van der Waals surface area contributed by atoms with Crippen LogP contribution in [0.1, 0.15) is 0 Å². The number of halogens is 4. The zero-order valence-corrected chi connectivity index (χ0v) is 14.5. The molecule has 19 heavy (non-hydrogen) atoms. The van der Waals surface area contributed by atoms with Gasteiger partial charge in [0, 0.05) is 13.6 Å². The van der Waals surface area contributed by atoms with E-state index in [1.165, 1.54) is 0 Å². The molecule has 0 fully saturated rings. The third kappa shape index (κ3) is 2.61. The molecule has 1 aromatic carbocycles. The molecule has 0 aliphatic heterocycles. The highest BCUT2D eigenvalue weighted by Crippen LogP contribution is 2.30. The summed E-state index contributed by atoms with van der Waals surface area (Å²) in [5, 5.41) is 0.667. The van der Waals surface area contributed by atoms with Gasteiger partial charge in [-0.05, 0) is 46.9 Å². The zero-order valence-electron chi connectivity index (χ0n) is 9.22. The highest BCUT2D eigenvalue weighted by molar-refractivity contribution is 14.1. The highest BCUT2D eigenvalue weighted by Gasteiger charge is 2.12. The lowest BCUT2D eigenvalue weighted by Crippen LogP contribution is -1.84. The van der Waals surface area contributed by atoms with Gasteiger partial charge in [-0.2, -0.15) is 0 Å². The first kappa shape index (κ1) is 13.6. The number of aromatic amines is 1. The van der Waals surface area contributed by atoms with Crippen LogP contribution in [0.15, 0.2) is 28.7 Å². The lowest BCUT2D eigenvalue weighted by Gasteiger charge is -2.01. The quantitative estimate of drug-likeness (QED) is 0.389. The lowest BCUT2D eigenvalue weighted by atomic mass is 10.2. The van der Waals surface area contributed by atoms with Crippen molar-refractivity contribution in [2.45, 2.75) is 0 Å². The van der Waals surface area contributed by atoms with E-state index in [0.29, 0.717) is 10.7 Å². The predicted molar refractivity (Wildman–Crippen MR) is 89.8 cm³/mol. The topological polar surface area (TPSA) is 41.6 Å². The van der Waals surface area contributed by atoms with Gasteiger partial charge in [0.25, 0.3) is 0 Å². The summed E-state index contributed by atoms with van der Waals surface area (Å²) in [6, 6.07) is 7.76. The molecule has 0 saturated heterocycles. The molecular weight excluding hydrogens is 464 g/mol. The van der Waals surface area contributed by atoms with Crippen LogP contribution in [0, 0.1) is 3.57 Å². The van der Waals surface area contributed by atoms with Gasteiger partial charge >= 0.3 is 0 Å². The molecule has 0 saturated carbocycles. The molecule has 0 amide bonds. The van der Waals surface area contributed by atoms with E-state index in [-0.39, 0.29) is 5.15 Å². The van der Waals surface area contributed by atoms with Crippen molar-refractivity contribution in [2.75, 3.05) is 0 Å². The Bertz CT molecular complexity index is 749. The second-order valence-electron chi connectivity index (χ2n) is 3.84. The average Bonchev–Trinajstić information content (AvgIpc) is 2.75. The van der Waals surface area contributed by atoms with Crippen LogP contribution in [0.4, 0.5) is 0 Å². The van der Waals surface area contributed by atoms with Crippen LogP contribution in [0.3, 0.4) is 0 Å². The highest BCUT2D eigenvalue weighted by atomic mass is 127. The molecule has 7 heteroatoms. The number of aromatic nitrogens is 3. The van der Waals surface area contributed by atoms with E-state index in [2.05, 4.69) is 53.5 Å². The van der Waals surface area contributed by atoms with Crippen LogP contribution in [0.2, 0.25) is 10.2 Å². The number of imidazole rings is 1. The number of benzene rings is 1. The molecule has 0 radical (unpaired) electrons. The Morgan fingerprint density at radius 2 is 1.95 bits per heavy atom. The first-order valence-electron chi connectivity index (χ1n) is 5.22. The summed E-state index contributed by atoms with van der Waals surface area (Å²) in [7, 11) is 0. The molecule has 0 atom stereocenters. The Labute approximate surface area is 141 Å². The minimum absolute atomic E-state index is 0.258. The van der Waals surface area contributed by atoms with Crippen molar-refractivity contribution >= 4 is 72.9 Å². The predicted octanol–water partition coefficient (Wildman–Crippen LogP) is 5.30. The lowest BCUT2D eigenvalue weighted by molar-refractivity contribution is 1.29. The minimum atomic E-state index is 0.258. The number of fused-ring (bicyclic) bond motifs is 1. The van der Waals surface area contributed by atoms with Crippen LogP contribution in [-0.4, -0.2) is 15.0 Å². The summed E-state index contributed by atoms with van der Waals surface area (Å²) < 4.78 is 2.09. The van der Waals surface area contributed by atoms with E-state index < -0.39 is 0 Å². The first-order chi connectivity index (χ1) is 9.04. The molecule has 3 aromatic rings. The van der Waals surface area contributed by atoms with Gasteiger partial charge in [-0.25, -0.2) is 9.97 Å². The number of hydrogen-bond donors (Lipinski definition) is 1. The third-order valence-corrected chi connectivity index (χ3v) is 4.60. The van der Waals surface area contributed by atoms with E-state index in [1.807, 2.05) is 18.2 Å². The minimum Gasteiger partial charge on any atom is -0.336 e. The fraction of sp³-hybridized carbons (Fsp3) is 0. The van der Waals surface area contributed by atoms with Gasteiger partial charge in [-0.15, -0.1) is 0 Å². The maximum Gasteiger partial charge on any atom is 0.179 e. The van der Waals surface area contributed by atoms with Crippen molar-refractivity contribution in [3.63, 3.8) is 0 Å². The number of rotatable bonds is 1. The van der Waals surface area contributed by atoms with Crippen molar-refractivity contribution in [1.29, 1.82) is 0 Å². The van der Waals surface area contributed by atoms with Crippen LogP contribution >= 0.6 is 61.7 Å². The standard InChI is InChI=1S/C12H5BrCl2IN3/c13-7-2-1-5(16)3-6(7)11-17-9-4-8(14)10(15)18-12(9)19-11/h1-4H,(H,17,18,19). The second kappa shape index (κ2) is 5.20. The maximum absolute atomic E-state index is 5.95. The summed E-state index contributed by atoms with van der Waals surface area (Å²) in [5.41, 5.74) is 2.28. The van der Waals surface area contributed by atoms with Crippen molar-refractivity contribution < 1.29 is 0 Å². The van der Waals surface area contributed by atoms with Crippen molar-refractivity contribution in [2.24, 2.45) is 0 Å². The van der Waals surface area contributed by atoms with Gasteiger partial charge in [0.05, 0.1) is 10.5 Å². The molecule has 0 bridgehead atoms. The number of H-pyrrole nitrogens is 1. The monoisotopic (exact) mass is 467 g/mol. The van der Waals surface area contributed by atoms with Gasteiger partial charge in [0.1, 0.15) is 11.0 Å². The van der Waals surface area contributed by atoms with Crippen molar-refractivity contribution in [3.05, 3.63) is 42.5 Å². The Morgan fingerprint density at radius 1 is 1.16 bits per heavy atom. The van der Waals surface area contributed by atoms with Gasteiger partial charge in [0.2, 0.25) is 0 Å². The summed E-state index contributed by atoms with van der Waals surface area (Å²) in [6.45, 7) is 0. The molecule has 2 aromatic heterocycles. The third-order valence-electron chi connectivity index (χ3n) is 2.57. The van der Waals surface area contributed by atoms with E-state index in [0.717, 1.165) is 24.9 Å². The van der Waals surface area contributed by atoms with Crippen molar-refractivity contribution in [3.8, 4) is 11.4 Å². The Morgan fingerprint density at radius 3 is 2.74 bits per heavy atom. The van der Waals surface area contributed by atoms with E-state index >= 15 is 0 Å². The summed E-state index contributed by atoms with van der Waals surface area (Å²) >= 11 is 17.6. The molecule has 0 aliphatic carbocycles. The molecule has 96 valence electrons. The van der Waals surface area contributed by atoms with Gasteiger partial charge < -0.3 is 4.98 Å². The van der Waals surface area contributed by atoms with Crippen LogP contribution < -0.4 is 0 Å². The smallest absolute Gasteiger partial charge is 0.179 e. The van der Waals surface area contributed by atoms with E-state index in [1.54, 1.807) is 6.07 Å². The number of hydrogen-bond acceptors (Lipinski definition) is 2. The van der Waals surface area contributed by atoms with Crippen molar-refractivity contribution in [1.82, 2.24) is 15.0 Å². The molecule has 0 unspecified atom stereocenters. The Balaban J connectivity index is 2.23. The molecule has 0 aliphatic rings.